The quantitative estimate of drug-likeness (QED) is 0.686. The van der Waals surface area contributed by atoms with E-state index in [1.165, 1.54) is 7.05 Å². The van der Waals surface area contributed by atoms with Crippen molar-refractivity contribution in [2.24, 2.45) is 0 Å². The molecule has 0 spiro atoms. The van der Waals surface area contributed by atoms with Crippen LogP contribution in [0.25, 0.3) is 0 Å². The summed E-state index contributed by atoms with van der Waals surface area (Å²) in [5, 5.41) is 2.78. The number of hydrogen-bond acceptors (Lipinski definition) is 5. The van der Waals surface area contributed by atoms with Gasteiger partial charge in [-0.1, -0.05) is 0 Å². The topological polar surface area (TPSA) is 96.0 Å². The fourth-order valence-electron chi connectivity index (χ4n) is 3.40. The van der Waals surface area contributed by atoms with Crippen LogP contribution in [-0.4, -0.2) is 57.6 Å². The number of carbonyl (C=O) groups excluding carboxylic acids is 2. The highest BCUT2D eigenvalue weighted by Crippen LogP contribution is 2.21. The lowest BCUT2D eigenvalue weighted by molar-refractivity contribution is -0.122. The molecule has 1 fully saturated rings. The third-order valence-electron chi connectivity index (χ3n) is 5.42. The fourth-order valence-corrected chi connectivity index (χ4v) is 3.91. The molecule has 1 atom stereocenters. The van der Waals surface area contributed by atoms with E-state index in [4.69, 9.17) is 4.74 Å². The number of carbonyl (C=O) groups is 2. The lowest BCUT2D eigenvalue weighted by Crippen LogP contribution is -2.35. The van der Waals surface area contributed by atoms with Crippen LogP contribution in [0.1, 0.15) is 36.5 Å². The molecular formula is C23H29N3O5S. The normalized spacial score (nSPS) is 15.0. The van der Waals surface area contributed by atoms with E-state index in [1.807, 2.05) is 4.90 Å². The zero-order valence-corrected chi connectivity index (χ0v) is 19.4. The summed E-state index contributed by atoms with van der Waals surface area (Å²) in [5.74, 6) is 0.127. The van der Waals surface area contributed by atoms with Crippen LogP contribution in [0.4, 0.5) is 11.4 Å². The third-order valence-corrected chi connectivity index (χ3v) is 6.63. The summed E-state index contributed by atoms with van der Waals surface area (Å²) in [6.45, 7) is 3.20. The second kappa shape index (κ2) is 10.0. The second-order valence-corrected chi connectivity index (χ2v) is 9.92. The zero-order chi connectivity index (χ0) is 23.3. The molecule has 0 radical (unpaired) electrons. The summed E-state index contributed by atoms with van der Waals surface area (Å²) in [5.41, 5.74) is 1.68. The van der Waals surface area contributed by atoms with Crippen molar-refractivity contribution in [1.29, 1.82) is 0 Å². The van der Waals surface area contributed by atoms with Crippen molar-refractivity contribution in [3.63, 3.8) is 0 Å². The predicted molar refractivity (Wildman–Crippen MR) is 125 cm³/mol. The van der Waals surface area contributed by atoms with Gasteiger partial charge in [0.05, 0.1) is 11.9 Å². The van der Waals surface area contributed by atoms with Crippen LogP contribution in [0.5, 0.6) is 5.75 Å². The number of sulfonamides is 1. The molecule has 1 saturated heterocycles. The van der Waals surface area contributed by atoms with Crippen molar-refractivity contribution in [1.82, 2.24) is 4.90 Å². The van der Waals surface area contributed by atoms with Gasteiger partial charge >= 0.3 is 0 Å². The molecule has 2 amide bonds. The highest BCUT2D eigenvalue weighted by Gasteiger charge is 2.19. The van der Waals surface area contributed by atoms with E-state index in [0.717, 1.165) is 42.9 Å². The third kappa shape index (κ3) is 6.00. The minimum absolute atomic E-state index is 0.0178. The van der Waals surface area contributed by atoms with Crippen molar-refractivity contribution >= 4 is 33.2 Å². The molecule has 3 rings (SSSR count). The molecule has 2 aromatic rings. The molecule has 1 heterocycles. The minimum atomic E-state index is -3.35. The van der Waals surface area contributed by atoms with Crippen LogP contribution in [-0.2, 0) is 14.8 Å². The Hall–Kier alpha value is -3.07. The van der Waals surface area contributed by atoms with E-state index in [-0.39, 0.29) is 11.8 Å². The number of anilines is 2. The number of piperidine rings is 1. The van der Waals surface area contributed by atoms with Crippen molar-refractivity contribution in [3.8, 4) is 5.75 Å². The van der Waals surface area contributed by atoms with Crippen LogP contribution < -0.4 is 14.4 Å². The van der Waals surface area contributed by atoms with E-state index in [2.05, 4.69) is 5.32 Å². The molecule has 32 heavy (non-hydrogen) atoms. The first kappa shape index (κ1) is 23.6. The van der Waals surface area contributed by atoms with Gasteiger partial charge < -0.3 is 15.0 Å². The van der Waals surface area contributed by atoms with Crippen LogP contribution in [0.2, 0.25) is 0 Å². The van der Waals surface area contributed by atoms with Crippen molar-refractivity contribution < 1.29 is 22.7 Å². The molecule has 1 N–H and O–H groups in total. The lowest BCUT2D eigenvalue weighted by Gasteiger charge is -2.26. The molecule has 172 valence electrons. The Morgan fingerprint density at radius 1 is 1.00 bits per heavy atom. The number of benzene rings is 2. The first-order chi connectivity index (χ1) is 15.1. The average molecular weight is 460 g/mol. The number of nitrogens with one attached hydrogen (secondary N) is 1. The molecule has 0 aromatic heterocycles. The van der Waals surface area contributed by atoms with Gasteiger partial charge in [0, 0.05) is 31.4 Å². The zero-order valence-electron chi connectivity index (χ0n) is 18.6. The number of likely N-dealkylation sites (tertiary alicyclic amines) is 1. The summed E-state index contributed by atoms with van der Waals surface area (Å²) < 4.78 is 30.1. The molecule has 0 aliphatic carbocycles. The highest BCUT2D eigenvalue weighted by molar-refractivity contribution is 7.92. The first-order valence-corrected chi connectivity index (χ1v) is 12.4. The standard InChI is InChI=1S/C23H29N3O5S/c1-17(31-21-13-11-20(12-14-21)25(2)32(3,29)30)22(27)24-19-9-7-18(8-10-19)23(28)26-15-5-4-6-16-26/h7-14,17H,4-6,15-16H2,1-3H3,(H,24,27)/t17-/m1/s1. The molecule has 1 aliphatic heterocycles. The van der Waals surface area contributed by atoms with Gasteiger partial charge in [0.1, 0.15) is 5.75 Å². The van der Waals surface area contributed by atoms with Crippen LogP contribution in [0.3, 0.4) is 0 Å². The largest absolute Gasteiger partial charge is 0.481 e. The Bertz CT molecular complexity index is 1050. The molecule has 0 unspecified atom stereocenters. The van der Waals surface area contributed by atoms with Gasteiger partial charge in [-0.3, -0.25) is 13.9 Å². The van der Waals surface area contributed by atoms with Gasteiger partial charge in [0.15, 0.2) is 6.10 Å². The van der Waals surface area contributed by atoms with Crippen LogP contribution in [0.15, 0.2) is 48.5 Å². The summed E-state index contributed by atoms with van der Waals surface area (Å²) in [6.07, 6.45) is 3.59. The van der Waals surface area contributed by atoms with Gasteiger partial charge in [-0.2, -0.15) is 0 Å². The summed E-state index contributed by atoms with van der Waals surface area (Å²) in [4.78, 5) is 26.9. The van der Waals surface area contributed by atoms with Crippen LogP contribution in [0, 0.1) is 0 Å². The predicted octanol–water partition coefficient (Wildman–Crippen LogP) is 3.11. The summed E-state index contributed by atoms with van der Waals surface area (Å²) >= 11 is 0. The van der Waals surface area contributed by atoms with Crippen molar-refractivity contribution in [2.75, 3.05) is 36.0 Å². The van der Waals surface area contributed by atoms with E-state index >= 15 is 0 Å². The van der Waals surface area contributed by atoms with Crippen molar-refractivity contribution in [2.45, 2.75) is 32.3 Å². The Balaban J connectivity index is 1.55. The Morgan fingerprint density at radius 3 is 2.16 bits per heavy atom. The second-order valence-electron chi connectivity index (χ2n) is 7.90. The van der Waals surface area contributed by atoms with Gasteiger partial charge in [-0.25, -0.2) is 8.42 Å². The van der Waals surface area contributed by atoms with E-state index in [9.17, 15) is 18.0 Å². The number of amides is 2. The maximum absolute atomic E-state index is 12.5. The number of rotatable bonds is 7. The van der Waals surface area contributed by atoms with E-state index in [1.54, 1.807) is 55.5 Å². The summed E-state index contributed by atoms with van der Waals surface area (Å²) in [6, 6.07) is 13.3. The summed E-state index contributed by atoms with van der Waals surface area (Å²) in [7, 11) is -1.89. The Morgan fingerprint density at radius 2 is 1.59 bits per heavy atom. The fraction of sp³-hybridized carbons (Fsp3) is 0.391. The van der Waals surface area contributed by atoms with Gasteiger partial charge in [0.2, 0.25) is 10.0 Å². The maximum Gasteiger partial charge on any atom is 0.265 e. The van der Waals surface area contributed by atoms with E-state index in [0.29, 0.717) is 22.7 Å². The van der Waals surface area contributed by atoms with Gasteiger partial charge in [-0.15, -0.1) is 0 Å². The number of nitrogens with zero attached hydrogens (tertiary/aromatic N) is 2. The van der Waals surface area contributed by atoms with Crippen LogP contribution >= 0.6 is 0 Å². The lowest BCUT2D eigenvalue weighted by atomic mass is 10.1. The SMILES string of the molecule is C[C@@H](Oc1ccc(N(C)S(C)(=O)=O)cc1)C(=O)Nc1ccc(C(=O)N2CCCCC2)cc1. The molecule has 0 bridgehead atoms. The minimum Gasteiger partial charge on any atom is -0.481 e. The highest BCUT2D eigenvalue weighted by atomic mass is 32.2. The molecular weight excluding hydrogens is 430 g/mol. The molecule has 1 aliphatic rings. The Kier molecular flexibility index (Phi) is 7.40. The molecule has 8 nitrogen and oxygen atoms in total. The number of ether oxygens (including phenoxy) is 1. The van der Waals surface area contributed by atoms with Gasteiger partial charge in [0.25, 0.3) is 11.8 Å². The van der Waals surface area contributed by atoms with E-state index < -0.39 is 16.1 Å². The maximum atomic E-state index is 12.5. The monoisotopic (exact) mass is 459 g/mol. The van der Waals surface area contributed by atoms with Gasteiger partial charge in [-0.05, 0) is 74.7 Å². The first-order valence-electron chi connectivity index (χ1n) is 10.6. The number of hydrogen-bond donors (Lipinski definition) is 1. The van der Waals surface area contributed by atoms with Crippen molar-refractivity contribution in [3.05, 3.63) is 54.1 Å². The molecule has 2 aromatic carbocycles. The Labute approximate surface area is 189 Å². The molecule has 0 saturated carbocycles. The average Bonchev–Trinajstić information content (AvgIpc) is 2.79. The smallest absolute Gasteiger partial charge is 0.265 e. The molecule has 9 heteroatoms.